The molecule has 0 radical (unpaired) electrons. The van der Waals surface area contributed by atoms with Gasteiger partial charge in [0.1, 0.15) is 0 Å². The van der Waals surface area contributed by atoms with Crippen LogP contribution in [0.4, 0.5) is 0 Å². The number of hydrogen-bond acceptors (Lipinski definition) is 3. The fourth-order valence-electron chi connectivity index (χ4n) is 0.911. The van der Waals surface area contributed by atoms with Crippen LogP contribution < -0.4 is 4.74 Å². The summed E-state index contributed by atoms with van der Waals surface area (Å²) in [6, 6.07) is 3.35. The first-order valence-corrected chi connectivity index (χ1v) is 3.88. The van der Waals surface area contributed by atoms with E-state index in [0.717, 1.165) is 0 Å². The number of carboxylic acid groups (broad SMARTS) is 1. The molecule has 0 spiro atoms. The highest BCUT2D eigenvalue weighted by molar-refractivity contribution is 5.75. The van der Waals surface area contributed by atoms with Gasteiger partial charge >= 0.3 is 5.97 Å². The number of hydrogen-bond donors (Lipinski definition) is 1. The highest BCUT2D eigenvalue weighted by atomic mass is 16.5. The van der Waals surface area contributed by atoms with E-state index in [1.54, 1.807) is 19.1 Å². The second kappa shape index (κ2) is 3.89. The van der Waals surface area contributed by atoms with E-state index in [2.05, 4.69) is 4.98 Å². The Morgan fingerprint density at radius 2 is 2.31 bits per heavy atom. The van der Waals surface area contributed by atoms with Crippen LogP contribution in [0.5, 0.6) is 5.88 Å². The molecule has 0 bridgehead atoms. The van der Waals surface area contributed by atoms with Gasteiger partial charge in [-0.25, -0.2) is 4.98 Å². The standard InChI is InChI=1S/C9H11NO3/c1-6(9(11)12)7-3-4-8(13-2)10-5-7/h3-6H,1-2H3,(H,11,12)/t6-/m1/s1. The molecule has 1 N–H and O–H groups in total. The maximum Gasteiger partial charge on any atom is 0.310 e. The van der Waals surface area contributed by atoms with Gasteiger partial charge in [0.05, 0.1) is 13.0 Å². The Labute approximate surface area is 76.2 Å². The Hall–Kier alpha value is -1.58. The second-order valence-electron chi connectivity index (χ2n) is 2.69. The summed E-state index contributed by atoms with van der Waals surface area (Å²) < 4.78 is 4.85. The largest absolute Gasteiger partial charge is 0.481 e. The maximum atomic E-state index is 10.6. The zero-order valence-electron chi connectivity index (χ0n) is 7.52. The molecule has 0 aliphatic carbocycles. The second-order valence-corrected chi connectivity index (χ2v) is 2.69. The van der Waals surface area contributed by atoms with Crippen LogP contribution in [0.25, 0.3) is 0 Å². The fourth-order valence-corrected chi connectivity index (χ4v) is 0.911. The topological polar surface area (TPSA) is 59.4 Å². The van der Waals surface area contributed by atoms with Crippen molar-refractivity contribution in [2.45, 2.75) is 12.8 Å². The number of nitrogens with zero attached hydrogens (tertiary/aromatic N) is 1. The molecule has 1 rings (SSSR count). The van der Waals surface area contributed by atoms with Gasteiger partial charge in [0.2, 0.25) is 5.88 Å². The highest BCUT2D eigenvalue weighted by Gasteiger charge is 2.13. The number of methoxy groups -OCH3 is 1. The highest BCUT2D eigenvalue weighted by Crippen LogP contribution is 2.16. The molecule has 1 aromatic heterocycles. The predicted molar refractivity (Wildman–Crippen MR) is 46.8 cm³/mol. The lowest BCUT2D eigenvalue weighted by molar-refractivity contribution is -0.138. The van der Waals surface area contributed by atoms with E-state index in [1.165, 1.54) is 13.3 Å². The number of pyridine rings is 1. The van der Waals surface area contributed by atoms with E-state index in [4.69, 9.17) is 9.84 Å². The van der Waals surface area contributed by atoms with Gasteiger partial charge < -0.3 is 9.84 Å². The summed E-state index contributed by atoms with van der Waals surface area (Å²) in [4.78, 5) is 14.5. The third kappa shape index (κ3) is 2.18. The third-order valence-electron chi connectivity index (χ3n) is 1.84. The third-order valence-corrected chi connectivity index (χ3v) is 1.84. The molecule has 0 saturated carbocycles. The Bertz CT molecular complexity index is 294. The lowest BCUT2D eigenvalue weighted by Crippen LogP contribution is -2.07. The van der Waals surface area contributed by atoms with E-state index < -0.39 is 11.9 Å². The van der Waals surface area contributed by atoms with Crippen LogP contribution in [-0.2, 0) is 4.79 Å². The molecule has 0 aliphatic heterocycles. The summed E-state index contributed by atoms with van der Waals surface area (Å²) >= 11 is 0. The predicted octanol–water partition coefficient (Wildman–Crippen LogP) is 1.28. The average Bonchev–Trinajstić information content (AvgIpc) is 2.17. The van der Waals surface area contributed by atoms with Crippen LogP contribution >= 0.6 is 0 Å². The van der Waals surface area contributed by atoms with E-state index >= 15 is 0 Å². The molecule has 1 atom stereocenters. The number of aromatic nitrogens is 1. The van der Waals surface area contributed by atoms with Gasteiger partial charge in [0.15, 0.2) is 0 Å². The molecule has 4 nitrogen and oxygen atoms in total. The number of carbonyl (C=O) groups is 1. The summed E-state index contributed by atoms with van der Waals surface area (Å²) in [6.45, 7) is 1.62. The number of ether oxygens (including phenoxy) is 1. The first-order valence-electron chi connectivity index (χ1n) is 3.88. The lowest BCUT2D eigenvalue weighted by atomic mass is 10.0. The molecule has 70 valence electrons. The van der Waals surface area contributed by atoms with Gasteiger partial charge in [-0.2, -0.15) is 0 Å². The Kier molecular flexibility index (Phi) is 2.84. The first kappa shape index (κ1) is 9.51. The van der Waals surface area contributed by atoms with Crippen molar-refractivity contribution in [3.8, 4) is 5.88 Å². The molecule has 0 aliphatic rings. The minimum absolute atomic E-state index is 0.487. The molecule has 0 aromatic carbocycles. The van der Waals surface area contributed by atoms with Crippen LogP contribution in [0, 0.1) is 0 Å². The summed E-state index contributed by atoms with van der Waals surface area (Å²) in [7, 11) is 1.52. The molecule has 0 unspecified atom stereocenters. The van der Waals surface area contributed by atoms with Crippen molar-refractivity contribution in [2.75, 3.05) is 7.11 Å². The van der Waals surface area contributed by atoms with Gasteiger partial charge in [-0.3, -0.25) is 4.79 Å². The Balaban J connectivity index is 2.85. The van der Waals surface area contributed by atoms with Gasteiger partial charge in [0, 0.05) is 12.3 Å². The van der Waals surface area contributed by atoms with E-state index in [0.29, 0.717) is 11.4 Å². The quantitative estimate of drug-likeness (QED) is 0.763. The maximum absolute atomic E-state index is 10.6. The van der Waals surface area contributed by atoms with Crippen LogP contribution in [-0.4, -0.2) is 23.2 Å². The summed E-state index contributed by atoms with van der Waals surface area (Å²) in [5.41, 5.74) is 0.674. The molecule has 0 fully saturated rings. The van der Waals surface area contributed by atoms with E-state index in [1.807, 2.05) is 0 Å². The van der Waals surface area contributed by atoms with E-state index in [-0.39, 0.29) is 0 Å². The van der Waals surface area contributed by atoms with Crippen LogP contribution in [0.3, 0.4) is 0 Å². The van der Waals surface area contributed by atoms with Crippen LogP contribution in [0.15, 0.2) is 18.3 Å². The zero-order chi connectivity index (χ0) is 9.84. The molecular formula is C9H11NO3. The molecule has 0 saturated heterocycles. The van der Waals surface area contributed by atoms with Crippen molar-refractivity contribution >= 4 is 5.97 Å². The average molecular weight is 181 g/mol. The minimum Gasteiger partial charge on any atom is -0.481 e. The first-order chi connectivity index (χ1) is 6.15. The van der Waals surface area contributed by atoms with Gasteiger partial charge in [0.25, 0.3) is 0 Å². The number of aliphatic carboxylic acids is 1. The molecule has 13 heavy (non-hydrogen) atoms. The molecular weight excluding hydrogens is 170 g/mol. The van der Waals surface area contributed by atoms with Crippen molar-refractivity contribution < 1.29 is 14.6 Å². The van der Waals surface area contributed by atoms with Crippen molar-refractivity contribution in [1.29, 1.82) is 0 Å². The smallest absolute Gasteiger partial charge is 0.310 e. The van der Waals surface area contributed by atoms with Crippen molar-refractivity contribution in [3.05, 3.63) is 23.9 Å². The lowest BCUT2D eigenvalue weighted by Gasteiger charge is -2.05. The SMILES string of the molecule is COc1ccc([C@@H](C)C(=O)O)cn1. The number of rotatable bonds is 3. The molecule has 0 amide bonds. The van der Waals surface area contributed by atoms with Crippen molar-refractivity contribution in [3.63, 3.8) is 0 Å². The molecule has 4 heteroatoms. The minimum atomic E-state index is -0.855. The Morgan fingerprint density at radius 1 is 1.62 bits per heavy atom. The zero-order valence-corrected chi connectivity index (χ0v) is 7.52. The number of carboxylic acids is 1. The van der Waals surface area contributed by atoms with Gasteiger partial charge in [-0.1, -0.05) is 6.07 Å². The Morgan fingerprint density at radius 3 is 2.69 bits per heavy atom. The van der Waals surface area contributed by atoms with Crippen LogP contribution in [0.2, 0.25) is 0 Å². The summed E-state index contributed by atoms with van der Waals surface area (Å²) in [5.74, 6) is -0.897. The monoisotopic (exact) mass is 181 g/mol. The van der Waals surface area contributed by atoms with Gasteiger partial charge in [-0.15, -0.1) is 0 Å². The summed E-state index contributed by atoms with van der Waals surface area (Å²) in [6.07, 6.45) is 1.51. The van der Waals surface area contributed by atoms with Gasteiger partial charge in [-0.05, 0) is 12.5 Å². The molecule has 1 heterocycles. The van der Waals surface area contributed by atoms with Crippen molar-refractivity contribution in [2.24, 2.45) is 0 Å². The fraction of sp³-hybridized carbons (Fsp3) is 0.333. The molecule has 1 aromatic rings. The van der Waals surface area contributed by atoms with Crippen LogP contribution in [0.1, 0.15) is 18.4 Å². The van der Waals surface area contributed by atoms with Crippen molar-refractivity contribution in [1.82, 2.24) is 4.98 Å². The van der Waals surface area contributed by atoms with E-state index in [9.17, 15) is 4.79 Å². The normalized spacial score (nSPS) is 12.2. The summed E-state index contributed by atoms with van der Waals surface area (Å²) in [5, 5.41) is 8.70.